The molecule has 0 bridgehead atoms. The molecule has 1 fully saturated rings. The summed E-state index contributed by atoms with van der Waals surface area (Å²) in [6.45, 7) is 2.67. The zero-order valence-corrected chi connectivity index (χ0v) is 16.6. The molecule has 1 aliphatic rings. The number of rotatable bonds is 8. The second-order valence-electron chi connectivity index (χ2n) is 7.28. The van der Waals surface area contributed by atoms with Crippen LogP contribution in [0.4, 0.5) is 0 Å². The first-order chi connectivity index (χ1) is 13.1. The molecular formula is C21H28ClN3O2. The van der Waals surface area contributed by atoms with E-state index in [0.29, 0.717) is 12.5 Å². The molecule has 2 aromatic rings. The summed E-state index contributed by atoms with van der Waals surface area (Å²) in [5.41, 5.74) is 3.42. The number of aromatic nitrogens is 2. The van der Waals surface area contributed by atoms with Gasteiger partial charge in [-0.15, -0.1) is 0 Å². The maximum Gasteiger partial charge on any atom is 0.257 e. The minimum atomic E-state index is -0.0940. The first kappa shape index (κ1) is 19.7. The number of amides is 1. The molecule has 1 aromatic heterocycles. The number of aryl methyl sites for hydroxylation is 2. The minimum Gasteiger partial charge on any atom is -0.483 e. The average Bonchev–Trinajstić information content (AvgIpc) is 3.09. The van der Waals surface area contributed by atoms with Gasteiger partial charge in [-0.2, -0.15) is 5.10 Å². The summed E-state index contributed by atoms with van der Waals surface area (Å²) in [4.78, 5) is 12.1. The minimum absolute atomic E-state index is 0.0338. The van der Waals surface area contributed by atoms with Crippen molar-refractivity contribution >= 4 is 17.5 Å². The predicted molar refractivity (Wildman–Crippen MR) is 107 cm³/mol. The van der Waals surface area contributed by atoms with Crippen LogP contribution >= 0.6 is 11.6 Å². The highest BCUT2D eigenvalue weighted by atomic mass is 35.5. The first-order valence-electron chi connectivity index (χ1n) is 9.81. The SMILES string of the molecule is Cc1[nH]ncc1CCCNC(=O)COc1ccc(Cl)cc1C1CCCCC1. The maximum atomic E-state index is 12.1. The van der Waals surface area contributed by atoms with Crippen LogP contribution in [0.2, 0.25) is 5.02 Å². The van der Waals surface area contributed by atoms with Crippen LogP contribution in [0.3, 0.4) is 0 Å². The smallest absolute Gasteiger partial charge is 0.257 e. The highest BCUT2D eigenvalue weighted by Crippen LogP contribution is 2.38. The lowest BCUT2D eigenvalue weighted by Gasteiger charge is -2.24. The molecule has 3 rings (SSSR count). The van der Waals surface area contributed by atoms with Gasteiger partial charge in [0.25, 0.3) is 5.91 Å². The molecule has 5 nitrogen and oxygen atoms in total. The topological polar surface area (TPSA) is 67.0 Å². The molecule has 146 valence electrons. The molecular weight excluding hydrogens is 362 g/mol. The van der Waals surface area contributed by atoms with Crippen LogP contribution in [0.5, 0.6) is 5.75 Å². The number of nitrogens with one attached hydrogen (secondary N) is 2. The number of carbonyl (C=O) groups excluding carboxylic acids is 1. The third-order valence-corrected chi connectivity index (χ3v) is 5.49. The highest BCUT2D eigenvalue weighted by molar-refractivity contribution is 6.30. The number of aromatic amines is 1. The maximum absolute atomic E-state index is 12.1. The second-order valence-corrected chi connectivity index (χ2v) is 7.72. The molecule has 2 N–H and O–H groups in total. The third kappa shape index (κ3) is 5.73. The van der Waals surface area contributed by atoms with Crippen molar-refractivity contribution in [3.63, 3.8) is 0 Å². The van der Waals surface area contributed by atoms with E-state index in [-0.39, 0.29) is 12.5 Å². The Labute approximate surface area is 165 Å². The summed E-state index contributed by atoms with van der Waals surface area (Å²) < 4.78 is 5.84. The Morgan fingerprint density at radius 2 is 2.15 bits per heavy atom. The van der Waals surface area contributed by atoms with Gasteiger partial charge in [0.05, 0.1) is 6.20 Å². The molecule has 1 aliphatic carbocycles. The van der Waals surface area contributed by atoms with E-state index < -0.39 is 0 Å². The molecule has 1 heterocycles. The summed E-state index contributed by atoms with van der Waals surface area (Å²) in [7, 11) is 0. The van der Waals surface area contributed by atoms with Crippen LogP contribution in [0.25, 0.3) is 0 Å². The summed E-state index contributed by atoms with van der Waals surface area (Å²) in [6, 6.07) is 5.72. The van der Waals surface area contributed by atoms with Gasteiger partial charge in [0, 0.05) is 17.3 Å². The van der Waals surface area contributed by atoms with Crippen LogP contribution in [0, 0.1) is 6.92 Å². The van der Waals surface area contributed by atoms with Crippen molar-refractivity contribution in [1.82, 2.24) is 15.5 Å². The molecule has 27 heavy (non-hydrogen) atoms. The number of hydrogen-bond acceptors (Lipinski definition) is 3. The van der Waals surface area contributed by atoms with Crippen LogP contribution in [-0.2, 0) is 11.2 Å². The van der Waals surface area contributed by atoms with Crippen molar-refractivity contribution in [3.8, 4) is 5.75 Å². The van der Waals surface area contributed by atoms with E-state index in [2.05, 4.69) is 15.5 Å². The van der Waals surface area contributed by atoms with Crippen molar-refractivity contribution in [3.05, 3.63) is 46.2 Å². The molecule has 1 saturated carbocycles. The van der Waals surface area contributed by atoms with Gasteiger partial charge in [-0.1, -0.05) is 30.9 Å². The van der Waals surface area contributed by atoms with Crippen LogP contribution < -0.4 is 10.1 Å². The average molecular weight is 390 g/mol. The summed E-state index contributed by atoms with van der Waals surface area (Å²) in [6.07, 6.45) is 9.72. The molecule has 0 saturated heterocycles. The lowest BCUT2D eigenvalue weighted by atomic mass is 9.84. The lowest BCUT2D eigenvalue weighted by Crippen LogP contribution is -2.30. The van der Waals surface area contributed by atoms with Crippen molar-refractivity contribution < 1.29 is 9.53 Å². The lowest BCUT2D eigenvalue weighted by molar-refractivity contribution is -0.123. The number of halogens is 1. The first-order valence-corrected chi connectivity index (χ1v) is 10.2. The van der Waals surface area contributed by atoms with Gasteiger partial charge in [0.2, 0.25) is 0 Å². The normalized spacial score (nSPS) is 14.9. The van der Waals surface area contributed by atoms with Crippen LogP contribution in [0.15, 0.2) is 24.4 Å². The van der Waals surface area contributed by atoms with Gasteiger partial charge < -0.3 is 10.1 Å². The van der Waals surface area contributed by atoms with Crippen LogP contribution in [0.1, 0.15) is 61.3 Å². The monoisotopic (exact) mass is 389 g/mol. The van der Waals surface area contributed by atoms with Gasteiger partial charge >= 0.3 is 0 Å². The number of hydrogen-bond donors (Lipinski definition) is 2. The zero-order valence-electron chi connectivity index (χ0n) is 15.9. The highest BCUT2D eigenvalue weighted by Gasteiger charge is 2.20. The van der Waals surface area contributed by atoms with Crippen LogP contribution in [-0.4, -0.2) is 29.3 Å². The number of nitrogens with zero attached hydrogens (tertiary/aromatic N) is 1. The fourth-order valence-corrected chi connectivity index (χ4v) is 3.89. The Kier molecular flexibility index (Phi) is 7.16. The summed E-state index contributed by atoms with van der Waals surface area (Å²) in [5.74, 6) is 1.17. The van der Waals surface area contributed by atoms with E-state index in [1.54, 1.807) is 0 Å². The Bertz CT molecular complexity index is 754. The van der Waals surface area contributed by atoms with E-state index in [1.807, 2.05) is 31.3 Å². The second kappa shape index (κ2) is 9.79. The molecule has 6 heteroatoms. The quantitative estimate of drug-likeness (QED) is 0.651. The molecule has 0 unspecified atom stereocenters. The predicted octanol–water partition coefficient (Wildman–Crippen LogP) is 4.55. The number of benzene rings is 1. The zero-order chi connectivity index (χ0) is 19.1. The Morgan fingerprint density at radius 1 is 1.33 bits per heavy atom. The van der Waals surface area contributed by atoms with E-state index >= 15 is 0 Å². The standard InChI is InChI=1S/C21H28ClN3O2/c1-15-17(13-24-25-15)8-5-11-23-21(26)14-27-20-10-9-18(22)12-19(20)16-6-3-2-4-7-16/h9-10,12-13,16H,2-8,11,14H2,1H3,(H,23,26)(H,24,25). The Balaban J connectivity index is 1.46. The van der Waals surface area contributed by atoms with Gasteiger partial charge in [-0.3, -0.25) is 9.89 Å². The largest absolute Gasteiger partial charge is 0.483 e. The third-order valence-electron chi connectivity index (χ3n) is 5.25. The van der Waals surface area contributed by atoms with Gasteiger partial charge in [0.1, 0.15) is 5.75 Å². The van der Waals surface area contributed by atoms with E-state index in [4.69, 9.17) is 16.3 Å². The summed E-state index contributed by atoms with van der Waals surface area (Å²) in [5, 5.41) is 10.6. The van der Waals surface area contributed by atoms with Crippen molar-refractivity contribution in [2.24, 2.45) is 0 Å². The fraction of sp³-hybridized carbons (Fsp3) is 0.524. The molecule has 1 amide bonds. The molecule has 0 atom stereocenters. The molecule has 0 radical (unpaired) electrons. The fourth-order valence-electron chi connectivity index (χ4n) is 3.71. The molecule has 1 aromatic carbocycles. The number of H-pyrrole nitrogens is 1. The summed E-state index contributed by atoms with van der Waals surface area (Å²) >= 11 is 6.20. The van der Waals surface area contributed by atoms with E-state index in [9.17, 15) is 4.79 Å². The van der Waals surface area contributed by atoms with Crippen molar-refractivity contribution in [2.45, 2.75) is 57.8 Å². The van der Waals surface area contributed by atoms with Crippen molar-refractivity contribution in [2.75, 3.05) is 13.2 Å². The molecule has 0 spiro atoms. The Hall–Kier alpha value is -2.01. The van der Waals surface area contributed by atoms with E-state index in [1.165, 1.54) is 24.8 Å². The number of carbonyl (C=O) groups is 1. The van der Waals surface area contributed by atoms with E-state index in [0.717, 1.165) is 47.7 Å². The van der Waals surface area contributed by atoms with Crippen molar-refractivity contribution in [1.29, 1.82) is 0 Å². The number of ether oxygens (including phenoxy) is 1. The van der Waals surface area contributed by atoms with Gasteiger partial charge in [-0.05, 0) is 67.9 Å². The van der Waals surface area contributed by atoms with Gasteiger partial charge in [0.15, 0.2) is 6.61 Å². The Morgan fingerprint density at radius 3 is 2.89 bits per heavy atom. The van der Waals surface area contributed by atoms with Gasteiger partial charge in [-0.25, -0.2) is 0 Å². The molecule has 0 aliphatic heterocycles.